The quantitative estimate of drug-likeness (QED) is 0.630. The van der Waals surface area contributed by atoms with Crippen LogP contribution >= 0.6 is 11.3 Å². The standard InChI is InChI=1S/C21H24N2O2S/c1-5-14(3)16-8-9-17-19(11-16)26-21(22-17)23-20(24)12-25-18-10-13(2)6-7-15(18)4/h6-11,14H,5,12H2,1-4H3,(H,22,23,24). The van der Waals surface area contributed by atoms with Gasteiger partial charge in [-0.3, -0.25) is 10.1 Å². The van der Waals surface area contributed by atoms with Gasteiger partial charge in [-0.05, 0) is 61.1 Å². The number of rotatable bonds is 6. The van der Waals surface area contributed by atoms with Crippen molar-refractivity contribution in [1.82, 2.24) is 4.98 Å². The minimum atomic E-state index is -0.202. The maximum Gasteiger partial charge on any atom is 0.264 e. The van der Waals surface area contributed by atoms with Crippen molar-refractivity contribution in [3.63, 3.8) is 0 Å². The van der Waals surface area contributed by atoms with Crippen molar-refractivity contribution in [2.24, 2.45) is 0 Å². The van der Waals surface area contributed by atoms with E-state index in [2.05, 4.69) is 36.3 Å². The molecule has 0 radical (unpaired) electrons. The van der Waals surface area contributed by atoms with E-state index in [1.54, 1.807) is 0 Å². The normalized spacial score (nSPS) is 12.2. The molecule has 1 amide bonds. The fraction of sp³-hybridized carbons (Fsp3) is 0.333. The lowest BCUT2D eigenvalue weighted by atomic mass is 9.99. The van der Waals surface area contributed by atoms with Crippen LogP contribution in [-0.2, 0) is 4.79 Å². The van der Waals surface area contributed by atoms with Crippen molar-refractivity contribution in [2.75, 3.05) is 11.9 Å². The van der Waals surface area contributed by atoms with Crippen LogP contribution in [0.25, 0.3) is 10.2 Å². The van der Waals surface area contributed by atoms with Crippen LogP contribution in [0.4, 0.5) is 5.13 Å². The first-order chi connectivity index (χ1) is 12.5. The summed E-state index contributed by atoms with van der Waals surface area (Å²) in [5.41, 5.74) is 4.34. The van der Waals surface area contributed by atoms with Gasteiger partial charge in [0.2, 0.25) is 0 Å². The van der Waals surface area contributed by atoms with Gasteiger partial charge in [-0.15, -0.1) is 0 Å². The lowest BCUT2D eigenvalue weighted by molar-refractivity contribution is -0.118. The average molecular weight is 369 g/mol. The monoisotopic (exact) mass is 368 g/mol. The van der Waals surface area contributed by atoms with Crippen molar-refractivity contribution in [3.05, 3.63) is 53.1 Å². The van der Waals surface area contributed by atoms with Crippen molar-refractivity contribution in [1.29, 1.82) is 0 Å². The maximum absolute atomic E-state index is 12.2. The van der Waals surface area contributed by atoms with Crippen LogP contribution < -0.4 is 10.1 Å². The molecule has 2 aromatic carbocycles. The highest BCUT2D eigenvalue weighted by Crippen LogP contribution is 2.30. The Morgan fingerprint density at radius 2 is 2.04 bits per heavy atom. The number of fused-ring (bicyclic) bond motifs is 1. The molecule has 3 rings (SSSR count). The molecule has 1 aromatic heterocycles. The minimum Gasteiger partial charge on any atom is -0.483 e. The highest BCUT2D eigenvalue weighted by Gasteiger charge is 2.11. The van der Waals surface area contributed by atoms with Crippen LogP contribution in [0.1, 0.15) is 42.9 Å². The van der Waals surface area contributed by atoms with Crippen LogP contribution in [-0.4, -0.2) is 17.5 Å². The number of carbonyl (C=O) groups excluding carboxylic acids is 1. The van der Waals surface area contributed by atoms with Gasteiger partial charge < -0.3 is 4.74 Å². The van der Waals surface area contributed by atoms with Crippen molar-refractivity contribution >= 4 is 32.6 Å². The zero-order chi connectivity index (χ0) is 18.7. The SMILES string of the molecule is CCC(C)c1ccc2nc(NC(=O)COc3cc(C)ccc3C)sc2c1. The van der Waals surface area contributed by atoms with E-state index in [1.165, 1.54) is 16.9 Å². The molecule has 1 atom stereocenters. The van der Waals surface area contributed by atoms with E-state index in [0.29, 0.717) is 11.0 Å². The number of ether oxygens (including phenoxy) is 1. The second-order valence-electron chi connectivity index (χ2n) is 6.66. The summed E-state index contributed by atoms with van der Waals surface area (Å²) >= 11 is 1.50. The smallest absolute Gasteiger partial charge is 0.264 e. The topological polar surface area (TPSA) is 51.2 Å². The third-order valence-corrected chi connectivity index (χ3v) is 5.48. The van der Waals surface area contributed by atoms with E-state index >= 15 is 0 Å². The fourth-order valence-electron chi connectivity index (χ4n) is 2.70. The van der Waals surface area contributed by atoms with Gasteiger partial charge in [-0.2, -0.15) is 0 Å². The second-order valence-corrected chi connectivity index (χ2v) is 7.69. The number of anilines is 1. The predicted molar refractivity (Wildman–Crippen MR) is 108 cm³/mol. The molecule has 1 unspecified atom stereocenters. The summed E-state index contributed by atoms with van der Waals surface area (Å²) in [5, 5.41) is 3.45. The van der Waals surface area contributed by atoms with Crippen molar-refractivity contribution in [3.8, 4) is 5.75 Å². The van der Waals surface area contributed by atoms with Gasteiger partial charge in [0.05, 0.1) is 10.2 Å². The number of thiazole rings is 1. The molecular weight excluding hydrogens is 344 g/mol. The number of aryl methyl sites for hydroxylation is 2. The van der Waals surface area contributed by atoms with Gasteiger partial charge in [-0.1, -0.05) is 43.4 Å². The second kappa shape index (κ2) is 7.87. The van der Waals surface area contributed by atoms with Crippen LogP contribution in [0.5, 0.6) is 5.75 Å². The zero-order valence-corrected chi connectivity index (χ0v) is 16.4. The van der Waals surface area contributed by atoms with E-state index in [-0.39, 0.29) is 12.5 Å². The summed E-state index contributed by atoms with van der Waals surface area (Å²) in [7, 11) is 0. The number of aromatic nitrogens is 1. The lowest BCUT2D eigenvalue weighted by Crippen LogP contribution is -2.20. The maximum atomic E-state index is 12.2. The molecule has 1 N–H and O–H groups in total. The molecule has 0 aliphatic rings. The number of carbonyl (C=O) groups is 1. The molecule has 0 fully saturated rings. The summed E-state index contributed by atoms with van der Waals surface area (Å²) in [6.07, 6.45) is 1.10. The summed E-state index contributed by atoms with van der Waals surface area (Å²) in [6, 6.07) is 12.3. The van der Waals surface area contributed by atoms with Crippen LogP contribution in [0.15, 0.2) is 36.4 Å². The predicted octanol–water partition coefficient (Wildman–Crippen LogP) is 5.44. The van der Waals surface area contributed by atoms with Crippen LogP contribution in [0.2, 0.25) is 0 Å². The Morgan fingerprint density at radius 3 is 2.81 bits per heavy atom. The molecule has 3 aromatic rings. The van der Waals surface area contributed by atoms with E-state index in [1.807, 2.05) is 38.1 Å². The molecule has 26 heavy (non-hydrogen) atoms. The molecule has 136 valence electrons. The first-order valence-corrected chi connectivity index (χ1v) is 9.68. The molecule has 0 spiro atoms. The Hall–Kier alpha value is -2.40. The van der Waals surface area contributed by atoms with Gasteiger partial charge in [0.15, 0.2) is 11.7 Å². The number of amides is 1. The first-order valence-electron chi connectivity index (χ1n) is 8.86. The molecule has 0 aliphatic heterocycles. The number of nitrogens with zero attached hydrogens (tertiary/aromatic N) is 1. The van der Waals surface area contributed by atoms with Crippen molar-refractivity contribution in [2.45, 2.75) is 40.0 Å². The zero-order valence-electron chi connectivity index (χ0n) is 15.6. The number of hydrogen-bond acceptors (Lipinski definition) is 4. The third kappa shape index (κ3) is 4.22. The highest BCUT2D eigenvalue weighted by molar-refractivity contribution is 7.22. The molecular formula is C21H24N2O2S. The molecule has 0 saturated heterocycles. The molecule has 0 bridgehead atoms. The Bertz CT molecular complexity index is 933. The summed E-state index contributed by atoms with van der Waals surface area (Å²) in [4.78, 5) is 16.7. The summed E-state index contributed by atoms with van der Waals surface area (Å²) in [6.45, 7) is 8.34. The van der Waals surface area contributed by atoms with E-state index < -0.39 is 0 Å². The van der Waals surface area contributed by atoms with Crippen LogP contribution in [0, 0.1) is 13.8 Å². The number of nitrogens with one attached hydrogen (secondary N) is 1. The summed E-state index contributed by atoms with van der Waals surface area (Å²) in [5.74, 6) is 1.06. The highest BCUT2D eigenvalue weighted by atomic mass is 32.1. The first kappa shape index (κ1) is 18.4. The fourth-order valence-corrected chi connectivity index (χ4v) is 3.63. The van der Waals surface area contributed by atoms with Gasteiger partial charge >= 0.3 is 0 Å². The largest absolute Gasteiger partial charge is 0.483 e. The lowest BCUT2D eigenvalue weighted by Gasteiger charge is -2.09. The third-order valence-electron chi connectivity index (χ3n) is 4.54. The molecule has 4 nitrogen and oxygen atoms in total. The Morgan fingerprint density at radius 1 is 1.23 bits per heavy atom. The molecule has 0 aliphatic carbocycles. The Labute approximate surface area is 158 Å². The number of hydrogen-bond donors (Lipinski definition) is 1. The molecule has 5 heteroatoms. The van der Waals surface area contributed by atoms with Gasteiger partial charge in [0.25, 0.3) is 5.91 Å². The van der Waals surface area contributed by atoms with Gasteiger partial charge in [-0.25, -0.2) is 4.98 Å². The molecule has 1 heterocycles. The van der Waals surface area contributed by atoms with Gasteiger partial charge in [0, 0.05) is 0 Å². The average Bonchev–Trinajstić information content (AvgIpc) is 3.02. The van der Waals surface area contributed by atoms with E-state index in [0.717, 1.165) is 33.5 Å². The van der Waals surface area contributed by atoms with Crippen molar-refractivity contribution < 1.29 is 9.53 Å². The van der Waals surface area contributed by atoms with Gasteiger partial charge in [0.1, 0.15) is 5.75 Å². The Kier molecular flexibility index (Phi) is 5.57. The van der Waals surface area contributed by atoms with E-state index in [4.69, 9.17) is 4.74 Å². The molecule has 0 saturated carbocycles. The van der Waals surface area contributed by atoms with E-state index in [9.17, 15) is 4.79 Å². The Balaban J connectivity index is 1.66. The summed E-state index contributed by atoms with van der Waals surface area (Å²) < 4.78 is 6.75. The number of benzene rings is 2. The minimum absolute atomic E-state index is 0.0294. The van der Waals surface area contributed by atoms with Crippen LogP contribution in [0.3, 0.4) is 0 Å².